The van der Waals surface area contributed by atoms with E-state index < -0.39 is 0 Å². The lowest BCUT2D eigenvalue weighted by atomic mass is 10.2. The molecule has 0 radical (unpaired) electrons. The fraction of sp³-hybridized carbons (Fsp3) is 0.182. The zero-order valence-electron chi connectivity index (χ0n) is 9.91. The summed E-state index contributed by atoms with van der Waals surface area (Å²) in [4.78, 5) is 15.8. The predicted octanol–water partition coefficient (Wildman–Crippen LogP) is 2.76. The third-order valence-electron chi connectivity index (χ3n) is 2.15. The first-order valence-electron chi connectivity index (χ1n) is 5.41. The second-order valence-corrected chi connectivity index (χ2v) is 4.30. The van der Waals surface area contributed by atoms with Gasteiger partial charge in [0.2, 0.25) is 5.95 Å². The van der Waals surface area contributed by atoms with E-state index in [0.717, 1.165) is 0 Å². The molecule has 2 N–H and O–H groups in total. The first-order valence-corrected chi connectivity index (χ1v) is 6.17. The molecule has 0 spiro atoms. The minimum atomic E-state index is -0.377. The Balaban J connectivity index is 2.09. The number of amides is 1. The number of nitrogens with one attached hydrogen (secondary N) is 2. The molecule has 19 heavy (non-hydrogen) atoms. The number of halogens is 2. The van der Waals surface area contributed by atoms with Crippen LogP contribution in [-0.2, 0) is 0 Å². The number of H-pyrrole nitrogens is 1. The van der Waals surface area contributed by atoms with Crippen molar-refractivity contribution in [1.82, 2.24) is 15.2 Å². The number of anilines is 1. The third kappa shape index (κ3) is 3.36. The molecule has 1 amide bonds. The summed E-state index contributed by atoms with van der Waals surface area (Å²) in [6.07, 6.45) is 0. The van der Waals surface area contributed by atoms with Gasteiger partial charge in [0.25, 0.3) is 5.91 Å². The van der Waals surface area contributed by atoms with Gasteiger partial charge < -0.3 is 4.74 Å². The molecule has 0 bridgehead atoms. The molecule has 1 heterocycles. The number of aromatic amines is 1. The molecule has 2 aromatic rings. The lowest BCUT2D eigenvalue weighted by Gasteiger charge is -2.02. The number of hydrogen-bond donors (Lipinski definition) is 2. The average Bonchev–Trinajstić information content (AvgIpc) is 2.80. The molecular weight excluding hydrogens is 291 g/mol. The van der Waals surface area contributed by atoms with Crippen molar-refractivity contribution in [2.75, 3.05) is 11.9 Å². The van der Waals surface area contributed by atoms with Gasteiger partial charge in [-0.15, -0.1) is 5.10 Å². The molecule has 0 aliphatic rings. The Morgan fingerprint density at radius 2 is 2.21 bits per heavy atom. The minimum Gasteiger partial charge on any atom is -0.463 e. The number of rotatable bonds is 4. The largest absolute Gasteiger partial charge is 0.463 e. The van der Waals surface area contributed by atoms with Gasteiger partial charge in [-0.05, 0) is 25.1 Å². The number of aromatic nitrogens is 3. The first kappa shape index (κ1) is 13.6. The summed E-state index contributed by atoms with van der Waals surface area (Å²) >= 11 is 11.6. The van der Waals surface area contributed by atoms with Crippen LogP contribution in [-0.4, -0.2) is 27.7 Å². The SMILES string of the molecule is CCOc1n[nH]c(NC(=O)c2ccc(Cl)c(Cl)c2)n1. The van der Waals surface area contributed by atoms with Crippen LogP contribution in [0.2, 0.25) is 10.0 Å². The number of hydrogen-bond acceptors (Lipinski definition) is 4. The van der Waals surface area contributed by atoms with Crippen LogP contribution in [0.15, 0.2) is 18.2 Å². The summed E-state index contributed by atoms with van der Waals surface area (Å²) in [5.74, 6) is -0.183. The monoisotopic (exact) mass is 300 g/mol. The number of carbonyl (C=O) groups excluding carboxylic acids is 1. The van der Waals surface area contributed by atoms with Crippen molar-refractivity contribution in [1.29, 1.82) is 0 Å². The Labute approximate surface area is 119 Å². The molecule has 1 aromatic heterocycles. The van der Waals surface area contributed by atoms with Gasteiger partial charge in [0.05, 0.1) is 16.7 Å². The van der Waals surface area contributed by atoms with E-state index in [1.54, 1.807) is 12.1 Å². The van der Waals surface area contributed by atoms with E-state index in [-0.39, 0.29) is 17.9 Å². The van der Waals surface area contributed by atoms with Crippen molar-refractivity contribution < 1.29 is 9.53 Å². The maximum absolute atomic E-state index is 11.9. The highest BCUT2D eigenvalue weighted by atomic mass is 35.5. The fourth-order valence-corrected chi connectivity index (χ4v) is 1.61. The number of ether oxygens (including phenoxy) is 1. The summed E-state index contributed by atoms with van der Waals surface area (Å²) in [6, 6.07) is 4.75. The third-order valence-corrected chi connectivity index (χ3v) is 2.89. The van der Waals surface area contributed by atoms with E-state index in [0.29, 0.717) is 22.2 Å². The number of benzene rings is 1. The van der Waals surface area contributed by atoms with E-state index in [9.17, 15) is 4.79 Å². The van der Waals surface area contributed by atoms with Crippen LogP contribution in [0, 0.1) is 0 Å². The van der Waals surface area contributed by atoms with Crippen molar-refractivity contribution in [3.05, 3.63) is 33.8 Å². The van der Waals surface area contributed by atoms with E-state index in [1.807, 2.05) is 6.92 Å². The molecule has 6 nitrogen and oxygen atoms in total. The van der Waals surface area contributed by atoms with Crippen molar-refractivity contribution in [3.8, 4) is 6.01 Å². The highest BCUT2D eigenvalue weighted by molar-refractivity contribution is 6.42. The predicted molar refractivity (Wildman–Crippen MR) is 72.0 cm³/mol. The Morgan fingerprint density at radius 3 is 2.89 bits per heavy atom. The summed E-state index contributed by atoms with van der Waals surface area (Å²) in [7, 11) is 0. The van der Waals surface area contributed by atoms with Crippen molar-refractivity contribution in [2.45, 2.75) is 6.92 Å². The molecule has 8 heteroatoms. The van der Waals surface area contributed by atoms with Crippen LogP contribution in [0.25, 0.3) is 0 Å². The molecule has 0 unspecified atom stereocenters. The van der Waals surface area contributed by atoms with Gasteiger partial charge in [-0.3, -0.25) is 10.1 Å². The van der Waals surface area contributed by atoms with E-state index >= 15 is 0 Å². The van der Waals surface area contributed by atoms with Gasteiger partial charge >= 0.3 is 6.01 Å². The second-order valence-electron chi connectivity index (χ2n) is 3.48. The molecule has 100 valence electrons. The molecule has 0 atom stereocenters. The minimum absolute atomic E-state index is 0.173. The van der Waals surface area contributed by atoms with Crippen LogP contribution in [0.4, 0.5) is 5.95 Å². The van der Waals surface area contributed by atoms with E-state index in [1.165, 1.54) is 6.07 Å². The van der Waals surface area contributed by atoms with Crippen molar-refractivity contribution in [3.63, 3.8) is 0 Å². The zero-order chi connectivity index (χ0) is 13.8. The quantitative estimate of drug-likeness (QED) is 0.910. The molecule has 0 saturated heterocycles. The van der Waals surface area contributed by atoms with Crippen molar-refractivity contribution >= 4 is 35.1 Å². The smallest absolute Gasteiger partial charge is 0.337 e. The Morgan fingerprint density at radius 1 is 1.42 bits per heavy atom. The molecule has 0 aliphatic heterocycles. The maximum atomic E-state index is 11.9. The topological polar surface area (TPSA) is 79.9 Å². The fourth-order valence-electron chi connectivity index (χ4n) is 1.31. The van der Waals surface area contributed by atoms with Crippen LogP contribution in [0.5, 0.6) is 6.01 Å². The summed E-state index contributed by atoms with van der Waals surface area (Å²) < 4.78 is 5.07. The summed E-state index contributed by atoms with van der Waals surface area (Å²) in [5, 5.41) is 9.53. The van der Waals surface area contributed by atoms with Gasteiger partial charge in [0.1, 0.15) is 0 Å². The standard InChI is InChI=1S/C11H10Cl2N4O2/c1-2-19-11-15-10(16-17-11)14-9(18)6-3-4-7(12)8(13)5-6/h3-5H,2H2,1H3,(H2,14,15,16,17,18). The van der Waals surface area contributed by atoms with Crippen LogP contribution in [0.3, 0.4) is 0 Å². The molecular formula is C11H10Cl2N4O2. The number of carbonyl (C=O) groups is 1. The van der Waals surface area contributed by atoms with Crippen LogP contribution in [0.1, 0.15) is 17.3 Å². The summed E-state index contributed by atoms with van der Waals surface area (Å²) in [6.45, 7) is 2.25. The van der Waals surface area contributed by atoms with Gasteiger partial charge in [0.15, 0.2) is 0 Å². The van der Waals surface area contributed by atoms with E-state index in [4.69, 9.17) is 27.9 Å². The molecule has 0 saturated carbocycles. The molecule has 2 rings (SSSR count). The second kappa shape index (κ2) is 5.90. The zero-order valence-corrected chi connectivity index (χ0v) is 11.4. The molecule has 0 fully saturated rings. The van der Waals surface area contributed by atoms with Gasteiger partial charge in [-0.2, -0.15) is 4.98 Å². The first-order chi connectivity index (χ1) is 9.10. The van der Waals surface area contributed by atoms with Crippen molar-refractivity contribution in [2.24, 2.45) is 0 Å². The number of nitrogens with zero attached hydrogens (tertiary/aromatic N) is 2. The summed E-state index contributed by atoms with van der Waals surface area (Å²) in [5.41, 5.74) is 0.365. The highest BCUT2D eigenvalue weighted by Crippen LogP contribution is 2.22. The molecule has 0 aliphatic carbocycles. The highest BCUT2D eigenvalue weighted by Gasteiger charge is 2.11. The Hall–Kier alpha value is -1.79. The van der Waals surface area contributed by atoms with Gasteiger partial charge in [-0.25, -0.2) is 5.10 Å². The average molecular weight is 301 g/mol. The lowest BCUT2D eigenvalue weighted by Crippen LogP contribution is -2.13. The maximum Gasteiger partial charge on any atom is 0.337 e. The van der Waals surface area contributed by atoms with Gasteiger partial charge in [0, 0.05) is 5.56 Å². The van der Waals surface area contributed by atoms with Crippen LogP contribution < -0.4 is 10.1 Å². The van der Waals surface area contributed by atoms with E-state index in [2.05, 4.69) is 20.5 Å². The molecule has 1 aromatic carbocycles. The Kier molecular flexibility index (Phi) is 4.24. The normalized spacial score (nSPS) is 10.3. The van der Waals surface area contributed by atoms with Crippen LogP contribution >= 0.6 is 23.2 Å². The Bertz CT molecular complexity index is 600. The lowest BCUT2D eigenvalue weighted by molar-refractivity contribution is 0.102. The van der Waals surface area contributed by atoms with Gasteiger partial charge in [-0.1, -0.05) is 23.2 Å².